The van der Waals surface area contributed by atoms with Gasteiger partial charge in [-0.25, -0.2) is 0 Å². The molecule has 11 aromatic rings. The highest BCUT2D eigenvalue weighted by molar-refractivity contribution is 6.11. The minimum atomic E-state index is -0.212. The third-order valence-corrected chi connectivity index (χ3v) is 13.0. The Labute approximate surface area is 355 Å². The van der Waals surface area contributed by atoms with Crippen LogP contribution in [0.3, 0.4) is 0 Å². The highest BCUT2D eigenvalue weighted by Crippen LogP contribution is 2.55. The molecule has 0 bridgehead atoms. The Morgan fingerprint density at radius 1 is 0.361 bits per heavy atom. The lowest BCUT2D eigenvalue weighted by Crippen LogP contribution is -2.21. The van der Waals surface area contributed by atoms with Gasteiger partial charge in [-0.15, -0.1) is 0 Å². The van der Waals surface area contributed by atoms with E-state index in [0.717, 1.165) is 44.4 Å². The molecule has 12 rings (SSSR count). The van der Waals surface area contributed by atoms with Crippen LogP contribution in [0.5, 0.6) is 0 Å². The zero-order valence-electron chi connectivity index (χ0n) is 34.1. The van der Waals surface area contributed by atoms with E-state index in [9.17, 15) is 0 Å². The maximum Gasteiger partial charge on any atom is 0.136 e. The topological polar surface area (TPSA) is 16.4 Å². The summed E-state index contributed by atoms with van der Waals surface area (Å²) >= 11 is 0. The molecule has 288 valence electrons. The number of nitrogens with zero attached hydrogens (tertiary/aromatic N) is 1. The van der Waals surface area contributed by atoms with Gasteiger partial charge in [-0.3, -0.25) is 0 Å². The smallest absolute Gasteiger partial charge is 0.136 e. The van der Waals surface area contributed by atoms with Crippen molar-refractivity contribution in [3.8, 4) is 44.5 Å². The number of hydrogen-bond acceptors (Lipinski definition) is 2. The fraction of sp³-hybridized carbons (Fsp3) is 0.0508. The van der Waals surface area contributed by atoms with E-state index in [1.807, 2.05) is 0 Å². The molecule has 61 heavy (non-hydrogen) atoms. The largest absolute Gasteiger partial charge is 0.456 e. The van der Waals surface area contributed by atoms with Crippen LogP contribution in [0.15, 0.2) is 217 Å². The van der Waals surface area contributed by atoms with Crippen LogP contribution in [0, 0.1) is 0 Å². The summed E-state index contributed by atoms with van der Waals surface area (Å²) in [6, 6.07) is 77.6. The van der Waals surface area contributed by atoms with Crippen molar-refractivity contribution in [2.45, 2.75) is 19.3 Å². The van der Waals surface area contributed by atoms with Gasteiger partial charge in [0.2, 0.25) is 0 Å². The minimum Gasteiger partial charge on any atom is -0.456 e. The second-order valence-electron chi connectivity index (χ2n) is 16.9. The van der Waals surface area contributed by atoms with Gasteiger partial charge >= 0.3 is 0 Å². The van der Waals surface area contributed by atoms with Crippen molar-refractivity contribution < 1.29 is 4.42 Å². The van der Waals surface area contributed by atoms with E-state index in [1.165, 1.54) is 71.7 Å². The maximum atomic E-state index is 6.46. The Hall–Kier alpha value is -7.68. The molecule has 0 saturated carbocycles. The van der Waals surface area contributed by atoms with Gasteiger partial charge in [-0.2, -0.15) is 0 Å². The lowest BCUT2D eigenvalue weighted by molar-refractivity contribution is 0.661. The third kappa shape index (κ3) is 5.71. The Morgan fingerprint density at radius 3 is 1.75 bits per heavy atom. The predicted octanol–water partition coefficient (Wildman–Crippen LogP) is 16.7. The van der Waals surface area contributed by atoms with Crippen LogP contribution in [-0.2, 0) is 5.41 Å². The van der Waals surface area contributed by atoms with Crippen molar-refractivity contribution in [2.75, 3.05) is 4.90 Å². The number of anilines is 3. The van der Waals surface area contributed by atoms with Gasteiger partial charge < -0.3 is 9.32 Å². The summed E-state index contributed by atoms with van der Waals surface area (Å²) in [5.74, 6) is 0. The molecule has 10 aromatic carbocycles. The van der Waals surface area contributed by atoms with Crippen LogP contribution in [0.4, 0.5) is 17.1 Å². The van der Waals surface area contributed by atoms with Crippen LogP contribution < -0.4 is 4.90 Å². The van der Waals surface area contributed by atoms with E-state index in [1.54, 1.807) is 0 Å². The fourth-order valence-corrected chi connectivity index (χ4v) is 10.0. The molecule has 1 aliphatic carbocycles. The normalized spacial score (nSPS) is 12.9. The molecule has 2 nitrogen and oxygen atoms in total. The molecule has 2 heteroatoms. The van der Waals surface area contributed by atoms with Crippen LogP contribution in [0.1, 0.15) is 25.0 Å². The second kappa shape index (κ2) is 13.7. The molecule has 0 aliphatic heterocycles. The summed E-state index contributed by atoms with van der Waals surface area (Å²) in [6.07, 6.45) is 0. The van der Waals surface area contributed by atoms with Crippen molar-refractivity contribution in [1.82, 2.24) is 0 Å². The Bertz CT molecular complexity index is 3520. The number of hydrogen-bond donors (Lipinski definition) is 0. The van der Waals surface area contributed by atoms with E-state index in [4.69, 9.17) is 4.42 Å². The Balaban J connectivity index is 1.01. The molecule has 1 aromatic heterocycles. The number of furan rings is 1. The van der Waals surface area contributed by atoms with Crippen molar-refractivity contribution in [1.29, 1.82) is 0 Å². The quantitative estimate of drug-likeness (QED) is 0.167. The van der Waals surface area contributed by atoms with Crippen molar-refractivity contribution in [2.24, 2.45) is 0 Å². The molecular weight excluding hydrogens is 739 g/mol. The van der Waals surface area contributed by atoms with Gasteiger partial charge in [0, 0.05) is 27.4 Å². The number of benzene rings is 10. The summed E-state index contributed by atoms with van der Waals surface area (Å²) in [6.45, 7) is 4.75. The third-order valence-electron chi connectivity index (χ3n) is 13.0. The molecule has 0 spiro atoms. The molecule has 0 atom stereocenters. The van der Waals surface area contributed by atoms with Gasteiger partial charge in [0.25, 0.3) is 0 Å². The van der Waals surface area contributed by atoms with Gasteiger partial charge in [0.1, 0.15) is 11.2 Å². The lowest BCUT2D eigenvalue weighted by atomic mass is 9.81. The average Bonchev–Trinajstić information content (AvgIpc) is 3.79. The zero-order valence-corrected chi connectivity index (χ0v) is 34.1. The lowest BCUT2D eigenvalue weighted by Gasteiger charge is -2.33. The number of fused-ring (bicyclic) bond motifs is 8. The van der Waals surface area contributed by atoms with E-state index >= 15 is 0 Å². The molecule has 0 N–H and O–H groups in total. The van der Waals surface area contributed by atoms with E-state index in [2.05, 4.69) is 231 Å². The van der Waals surface area contributed by atoms with E-state index in [-0.39, 0.29) is 5.41 Å². The Kier molecular flexibility index (Phi) is 7.92. The first kappa shape index (κ1) is 35.3. The summed E-state index contributed by atoms with van der Waals surface area (Å²) in [7, 11) is 0. The van der Waals surface area contributed by atoms with E-state index in [0.29, 0.717) is 0 Å². The molecule has 0 unspecified atom stereocenters. The first-order chi connectivity index (χ1) is 30.0. The molecule has 1 aliphatic rings. The average molecular weight is 780 g/mol. The number of para-hydroxylation sites is 1. The van der Waals surface area contributed by atoms with Gasteiger partial charge in [-0.1, -0.05) is 166 Å². The first-order valence-electron chi connectivity index (χ1n) is 21.2. The maximum absolute atomic E-state index is 6.46. The van der Waals surface area contributed by atoms with E-state index < -0.39 is 0 Å². The molecule has 0 amide bonds. The summed E-state index contributed by atoms with van der Waals surface area (Å²) in [5, 5.41) is 7.14. The summed E-state index contributed by atoms with van der Waals surface area (Å²) in [5.41, 5.74) is 17.4. The van der Waals surface area contributed by atoms with Crippen molar-refractivity contribution in [3.05, 3.63) is 223 Å². The molecule has 0 radical (unpaired) electrons. The minimum absolute atomic E-state index is 0.212. The number of rotatable bonds is 6. The van der Waals surface area contributed by atoms with Gasteiger partial charge in [-0.05, 0) is 132 Å². The van der Waals surface area contributed by atoms with Gasteiger partial charge in [0.15, 0.2) is 0 Å². The Morgan fingerprint density at radius 2 is 0.934 bits per heavy atom. The predicted molar refractivity (Wildman–Crippen MR) is 257 cm³/mol. The molecule has 1 heterocycles. The molecular formula is C59H41NO. The second-order valence-corrected chi connectivity index (χ2v) is 16.9. The van der Waals surface area contributed by atoms with Crippen LogP contribution in [0.25, 0.3) is 88.0 Å². The molecule has 0 fully saturated rings. The van der Waals surface area contributed by atoms with Crippen LogP contribution in [0.2, 0.25) is 0 Å². The first-order valence-corrected chi connectivity index (χ1v) is 21.2. The zero-order chi connectivity index (χ0) is 40.7. The van der Waals surface area contributed by atoms with Crippen molar-refractivity contribution in [3.63, 3.8) is 0 Å². The highest BCUT2D eigenvalue weighted by Gasteiger charge is 2.39. The van der Waals surface area contributed by atoms with Crippen LogP contribution >= 0.6 is 0 Å². The SMILES string of the molecule is CC1(C)c2ccccc2-c2cccc(N(c3ccc(-c4cccc(-c5ccc6ccccc6c5)c4)cc3)c3ccccc3-c3ccc4oc5cc6ccccc6cc5c4c3)c21. The van der Waals surface area contributed by atoms with Crippen LogP contribution in [-0.4, -0.2) is 0 Å². The fourth-order valence-electron chi connectivity index (χ4n) is 10.0. The molecule has 0 saturated heterocycles. The summed E-state index contributed by atoms with van der Waals surface area (Å²) in [4.78, 5) is 2.49. The highest BCUT2D eigenvalue weighted by atomic mass is 16.3. The van der Waals surface area contributed by atoms with Gasteiger partial charge in [0.05, 0.1) is 11.4 Å². The summed E-state index contributed by atoms with van der Waals surface area (Å²) < 4.78 is 6.46. The van der Waals surface area contributed by atoms with Crippen molar-refractivity contribution >= 4 is 60.5 Å². The monoisotopic (exact) mass is 779 g/mol. The standard InChI is InChI=1S/C59H41NO/c1-59(2)53-22-9-7-20-49(53)50-21-12-24-55(58(50)59)60(47-30-27-39(28-31-47)41-17-11-18-42(33-41)45-26-25-38-13-3-4-14-40(38)34-45)54-23-10-8-19-48(54)46-29-32-56-51(36-46)52-35-43-15-5-6-16-44(43)37-57(52)61-56/h3-37H,1-2H3.